The standard InChI is InChI=1S/C13H25N3O/c1-13(2)12(17)15(3)8-9-16(13)10-11-4-6-14-7-5-11/h11,14H,4-10H2,1-3H3. The van der Waals surface area contributed by atoms with Crippen molar-refractivity contribution in [1.82, 2.24) is 15.1 Å². The summed E-state index contributed by atoms with van der Waals surface area (Å²) in [5.41, 5.74) is -0.322. The van der Waals surface area contributed by atoms with E-state index in [0.717, 1.165) is 38.6 Å². The lowest BCUT2D eigenvalue weighted by molar-refractivity contribution is -0.147. The van der Waals surface area contributed by atoms with Crippen molar-refractivity contribution in [3.8, 4) is 0 Å². The SMILES string of the molecule is CN1CCN(CC2CCNCC2)C(C)(C)C1=O. The molecule has 0 aromatic rings. The number of carbonyl (C=O) groups excluding carboxylic acids is 1. The molecule has 0 unspecified atom stereocenters. The molecule has 1 N–H and O–H groups in total. The quantitative estimate of drug-likeness (QED) is 0.764. The summed E-state index contributed by atoms with van der Waals surface area (Å²) in [4.78, 5) is 16.4. The number of likely N-dealkylation sites (N-methyl/N-ethyl adjacent to an activating group) is 1. The molecule has 4 nitrogen and oxygen atoms in total. The van der Waals surface area contributed by atoms with Gasteiger partial charge in [-0.05, 0) is 45.7 Å². The van der Waals surface area contributed by atoms with Crippen molar-refractivity contribution >= 4 is 5.91 Å². The van der Waals surface area contributed by atoms with E-state index in [-0.39, 0.29) is 11.4 Å². The molecule has 0 aromatic carbocycles. The molecule has 0 saturated carbocycles. The van der Waals surface area contributed by atoms with Gasteiger partial charge < -0.3 is 10.2 Å². The molecule has 2 aliphatic rings. The number of nitrogens with one attached hydrogen (secondary N) is 1. The van der Waals surface area contributed by atoms with Crippen LogP contribution in [-0.4, -0.2) is 61.0 Å². The molecule has 2 heterocycles. The number of piperazine rings is 1. The lowest BCUT2D eigenvalue weighted by Gasteiger charge is -2.46. The van der Waals surface area contributed by atoms with E-state index < -0.39 is 0 Å². The second-order valence-electron chi connectivity index (χ2n) is 5.93. The Hall–Kier alpha value is -0.610. The minimum Gasteiger partial charge on any atom is -0.343 e. The van der Waals surface area contributed by atoms with Gasteiger partial charge in [-0.2, -0.15) is 0 Å². The van der Waals surface area contributed by atoms with E-state index in [9.17, 15) is 4.79 Å². The van der Waals surface area contributed by atoms with Crippen molar-refractivity contribution in [2.24, 2.45) is 5.92 Å². The first kappa shape index (κ1) is 12.8. The van der Waals surface area contributed by atoms with E-state index in [4.69, 9.17) is 0 Å². The molecule has 0 bridgehead atoms. The fourth-order valence-corrected chi connectivity index (χ4v) is 2.95. The number of hydrogen-bond acceptors (Lipinski definition) is 3. The van der Waals surface area contributed by atoms with Gasteiger partial charge in [0.25, 0.3) is 0 Å². The zero-order chi connectivity index (χ0) is 12.5. The Morgan fingerprint density at radius 2 is 1.94 bits per heavy atom. The van der Waals surface area contributed by atoms with Crippen molar-refractivity contribution < 1.29 is 4.79 Å². The zero-order valence-corrected chi connectivity index (χ0v) is 11.3. The highest BCUT2D eigenvalue weighted by Gasteiger charge is 2.40. The summed E-state index contributed by atoms with van der Waals surface area (Å²) in [5.74, 6) is 1.02. The summed E-state index contributed by atoms with van der Waals surface area (Å²) in [7, 11) is 1.91. The molecule has 1 amide bonds. The number of carbonyl (C=O) groups is 1. The van der Waals surface area contributed by atoms with Gasteiger partial charge in [0, 0.05) is 26.7 Å². The minimum absolute atomic E-state index is 0.262. The Kier molecular flexibility index (Phi) is 3.73. The van der Waals surface area contributed by atoms with E-state index in [1.165, 1.54) is 12.8 Å². The lowest BCUT2D eigenvalue weighted by Crippen LogP contribution is -2.63. The molecule has 98 valence electrons. The third kappa shape index (κ3) is 2.63. The van der Waals surface area contributed by atoms with Crippen LogP contribution in [0.25, 0.3) is 0 Å². The van der Waals surface area contributed by atoms with Crippen LogP contribution in [0.5, 0.6) is 0 Å². The average molecular weight is 239 g/mol. The minimum atomic E-state index is -0.322. The number of hydrogen-bond donors (Lipinski definition) is 1. The third-order valence-electron chi connectivity index (χ3n) is 4.30. The zero-order valence-electron chi connectivity index (χ0n) is 11.3. The molecule has 2 fully saturated rings. The third-order valence-corrected chi connectivity index (χ3v) is 4.30. The van der Waals surface area contributed by atoms with Crippen LogP contribution in [0.15, 0.2) is 0 Å². The van der Waals surface area contributed by atoms with Gasteiger partial charge in [-0.25, -0.2) is 0 Å². The van der Waals surface area contributed by atoms with Gasteiger partial charge in [0.05, 0.1) is 5.54 Å². The first-order chi connectivity index (χ1) is 8.01. The van der Waals surface area contributed by atoms with Gasteiger partial charge in [0.1, 0.15) is 0 Å². The molecule has 0 aliphatic carbocycles. The summed E-state index contributed by atoms with van der Waals surface area (Å²) < 4.78 is 0. The van der Waals surface area contributed by atoms with E-state index in [2.05, 4.69) is 24.1 Å². The molecule has 0 aromatic heterocycles. The average Bonchev–Trinajstić information content (AvgIpc) is 2.32. The molecule has 0 atom stereocenters. The van der Waals surface area contributed by atoms with Crippen LogP contribution in [0, 0.1) is 5.92 Å². The van der Waals surface area contributed by atoms with Crippen LogP contribution in [-0.2, 0) is 4.79 Å². The predicted molar refractivity (Wildman–Crippen MR) is 68.9 cm³/mol. The van der Waals surface area contributed by atoms with E-state index in [1.807, 2.05) is 11.9 Å². The molecule has 17 heavy (non-hydrogen) atoms. The normalized spacial score (nSPS) is 27.5. The summed E-state index contributed by atoms with van der Waals surface area (Å²) >= 11 is 0. The van der Waals surface area contributed by atoms with Crippen molar-refractivity contribution in [3.05, 3.63) is 0 Å². The van der Waals surface area contributed by atoms with Crippen molar-refractivity contribution in [2.45, 2.75) is 32.2 Å². The number of amides is 1. The highest BCUT2D eigenvalue weighted by Crippen LogP contribution is 2.25. The molecular formula is C13H25N3O. The van der Waals surface area contributed by atoms with Gasteiger partial charge in [-0.3, -0.25) is 9.69 Å². The second-order valence-corrected chi connectivity index (χ2v) is 5.93. The number of rotatable bonds is 2. The lowest BCUT2D eigenvalue weighted by atomic mass is 9.92. The highest BCUT2D eigenvalue weighted by molar-refractivity contribution is 5.86. The molecule has 2 aliphatic heterocycles. The molecular weight excluding hydrogens is 214 g/mol. The van der Waals surface area contributed by atoms with Crippen LogP contribution in [0.4, 0.5) is 0 Å². The van der Waals surface area contributed by atoms with Crippen LogP contribution >= 0.6 is 0 Å². The molecule has 2 saturated heterocycles. The van der Waals surface area contributed by atoms with Gasteiger partial charge >= 0.3 is 0 Å². The van der Waals surface area contributed by atoms with Crippen LogP contribution in [0.1, 0.15) is 26.7 Å². The summed E-state index contributed by atoms with van der Waals surface area (Å²) in [5, 5.41) is 3.39. The molecule has 0 radical (unpaired) electrons. The smallest absolute Gasteiger partial charge is 0.242 e. The maximum Gasteiger partial charge on any atom is 0.242 e. The van der Waals surface area contributed by atoms with Gasteiger partial charge in [-0.15, -0.1) is 0 Å². The van der Waals surface area contributed by atoms with E-state index in [0.29, 0.717) is 0 Å². The van der Waals surface area contributed by atoms with E-state index >= 15 is 0 Å². The Bertz CT molecular complexity index is 284. The van der Waals surface area contributed by atoms with E-state index in [1.54, 1.807) is 0 Å². The van der Waals surface area contributed by atoms with Gasteiger partial charge in [0.15, 0.2) is 0 Å². The van der Waals surface area contributed by atoms with Crippen LogP contribution in [0.2, 0.25) is 0 Å². The molecule has 2 rings (SSSR count). The maximum absolute atomic E-state index is 12.2. The summed E-state index contributed by atoms with van der Waals surface area (Å²) in [6, 6.07) is 0. The summed E-state index contributed by atoms with van der Waals surface area (Å²) in [6.45, 7) is 9.35. The van der Waals surface area contributed by atoms with Gasteiger partial charge in [-0.1, -0.05) is 0 Å². The fraction of sp³-hybridized carbons (Fsp3) is 0.923. The van der Waals surface area contributed by atoms with Crippen molar-refractivity contribution in [2.75, 3.05) is 39.8 Å². The Morgan fingerprint density at radius 1 is 1.29 bits per heavy atom. The second kappa shape index (κ2) is 4.94. The molecule has 0 spiro atoms. The predicted octanol–water partition coefficient (Wildman–Crippen LogP) is 0.539. The maximum atomic E-state index is 12.2. The molecule has 4 heteroatoms. The Morgan fingerprint density at radius 3 is 2.59 bits per heavy atom. The number of nitrogens with zero attached hydrogens (tertiary/aromatic N) is 2. The Balaban J connectivity index is 1.97. The fourth-order valence-electron chi connectivity index (χ4n) is 2.95. The highest BCUT2D eigenvalue weighted by atomic mass is 16.2. The monoisotopic (exact) mass is 239 g/mol. The van der Waals surface area contributed by atoms with Crippen molar-refractivity contribution in [1.29, 1.82) is 0 Å². The van der Waals surface area contributed by atoms with Crippen molar-refractivity contribution in [3.63, 3.8) is 0 Å². The first-order valence-corrected chi connectivity index (χ1v) is 6.73. The van der Waals surface area contributed by atoms with Crippen LogP contribution < -0.4 is 5.32 Å². The van der Waals surface area contributed by atoms with Gasteiger partial charge in [0.2, 0.25) is 5.91 Å². The number of piperidine rings is 1. The summed E-state index contributed by atoms with van der Waals surface area (Å²) in [6.07, 6.45) is 2.49. The Labute approximate surface area is 104 Å². The van der Waals surface area contributed by atoms with Crippen LogP contribution in [0.3, 0.4) is 0 Å². The first-order valence-electron chi connectivity index (χ1n) is 6.73. The largest absolute Gasteiger partial charge is 0.343 e. The topological polar surface area (TPSA) is 35.6 Å².